The molecule has 0 unspecified atom stereocenters. The van der Waals surface area contributed by atoms with E-state index >= 15 is 0 Å². The lowest BCUT2D eigenvalue weighted by Crippen LogP contribution is -2.04. The highest BCUT2D eigenvalue weighted by atomic mass is 79.9. The second-order valence-electron chi connectivity index (χ2n) is 3.55. The van der Waals surface area contributed by atoms with Crippen molar-refractivity contribution in [3.63, 3.8) is 0 Å². The molecule has 2 aromatic rings. The fourth-order valence-corrected chi connectivity index (χ4v) is 2.82. The zero-order chi connectivity index (χ0) is 13.3. The zero-order valence-corrected chi connectivity index (χ0v) is 12.7. The summed E-state index contributed by atoms with van der Waals surface area (Å²) in [6.45, 7) is 0. The van der Waals surface area contributed by atoms with Crippen LogP contribution in [0.4, 0.5) is 0 Å². The Morgan fingerprint density at radius 1 is 1.00 bits per heavy atom. The van der Waals surface area contributed by atoms with Gasteiger partial charge in [-0.3, -0.25) is 4.79 Å². The first-order valence-electron chi connectivity index (χ1n) is 4.94. The molecular weight excluding hydrogens is 358 g/mol. The summed E-state index contributed by atoms with van der Waals surface area (Å²) in [6, 6.07) is 9.89. The van der Waals surface area contributed by atoms with Gasteiger partial charge in [-0.25, -0.2) is 0 Å². The lowest BCUT2D eigenvalue weighted by atomic mass is 10.0. The van der Waals surface area contributed by atoms with Gasteiger partial charge in [0.05, 0.1) is 15.6 Å². The van der Waals surface area contributed by atoms with E-state index in [1.165, 1.54) is 6.07 Å². The molecule has 0 radical (unpaired) electrons. The van der Waals surface area contributed by atoms with Gasteiger partial charge in [0.2, 0.25) is 0 Å². The van der Waals surface area contributed by atoms with Crippen molar-refractivity contribution in [3.8, 4) is 0 Å². The van der Waals surface area contributed by atoms with Crippen molar-refractivity contribution in [3.05, 3.63) is 67.1 Å². The number of ketones is 1. The van der Waals surface area contributed by atoms with Crippen LogP contribution in [0.3, 0.4) is 0 Å². The van der Waals surface area contributed by atoms with Crippen LogP contribution in [0.25, 0.3) is 0 Å². The highest BCUT2D eigenvalue weighted by Crippen LogP contribution is 2.30. The first-order chi connectivity index (χ1) is 8.50. The molecule has 0 saturated carbocycles. The topological polar surface area (TPSA) is 17.1 Å². The van der Waals surface area contributed by atoms with Crippen LogP contribution in [-0.2, 0) is 0 Å². The molecule has 92 valence electrons. The van der Waals surface area contributed by atoms with Gasteiger partial charge in [-0.1, -0.05) is 40.9 Å². The van der Waals surface area contributed by atoms with Gasteiger partial charge in [-0.15, -0.1) is 0 Å². The lowest BCUT2D eigenvalue weighted by molar-refractivity contribution is 0.103. The maximum Gasteiger partial charge on any atom is 0.197 e. The van der Waals surface area contributed by atoms with Crippen molar-refractivity contribution in [1.29, 1.82) is 0 Å². The Balaban J connectivity index is 2.58. The quantitative estimate of drug-likeness (QED) is 0.630. The van der Waals surface area contributed by atoms with Gasteiger partial charge >= 0.3 is 0 Å². The molecule has 0 saturated heterocycles. The molecule has 0 heterocycles. The number of carbonyl (C=O) groups is 1. The summed E-state index contributed by atoms with van der Waals surface area (Å²) in [5.74, 6) is -0.264. The standard InChI is InChI=1S/C13H6BrCl3O/c14-9-2-1-3-11(17)12(9)13(18)8-6-7(15)4-5-10(8)16/h1-6H. The molecule has 0 aromatic heterocycles. The normalized spacial score (nSPS) is 10.4. The fraction of sp³-hybridized carbons (Fsp3) is 0. The molecule has 0 fully saturated rings. The average molecular weight is 364 g/mol. The molecule has 2 rings (SSSR count). The van der Waals surface area contributed by atoms with E-state index in [2.05, 4.69) is 15.9 Å². The predicted molar refractivity (Wildman–Crippen MR) is 79.0 cm³/mol. The van der Waals surface area contributed by atoms with Crippen molar-refractivity contribution in [2.75, 3.05) is 0 Å². The summed E-state index contributed by atoms with van der Waals surface area (Å²) in [4.78, 5) is 12.4. The minimum atomic E-state index is -0.264. The van der Waals surface area contributed by atoms with E-state index in [0.717, 1.165) is 0 Å². The van der Waals surface area contributed by atoms with Crippen molar-refractivity contribution >= 4 is 56.5 Å². The van der Waals surface area contributed by atoms with E-state index in [-0.39, 0.29) is 5.78 Å². The summed E-state index contributed by atoms with van der Waals surface area (Å²) >= 11 is 21.2. The first kappa shape index (κ1) is 13.9. The molecule has 2 aromatic carbocycles. The maximum absolute atomic E-state index is 12.4. The van der Waals surface area contributed by atoms with E-state index in [4.69, 9.17) is 34.8 Å². The summed E-state index contributed by atoms with van der Waals surface area (Å²) in [7, 11) is 0. The third kappa shape index (κ3) is 2.72. The van der Waals surface area contributed by atoms with Crippen LogP contribution in [0.2, 0.25) is 15.1 Å². The highest BCUT2D eigenvalue weighted by Gasteiger charge is 2.18. The van der Waals surface area contributed by atoms with Crippen molar-refractivity contribution in [1.82, 2.24) is 0 Å². The van der Waals surface area contributed by atoms with Gasteiger partial charge in [-0.05, 0) is 46.3 Å². The second kappa shape index (κ2) is 5.62. The Morgan fingerprint density at radius 3 is 2.39 bits per heavy atom. The van der Waals surface area contributed by atoms with E-state index in [1.807, 2.05) is 0 Å². The third-order valence-electron chi connectivity index (χ3n) is 2.36. The number of hydrogen-bond donors (Lipinski definition) is 0. The third-order valence-corrected chi connectivity index (χ3v) is 3.90. The Bertz CT molecular complexity index is 605. The summed E-state index contributed by atoms with van der Waals surface area (Å²) in [5.41, 5.74) is 0.710. The number of hydrogen-bond acceptors (Lipinski definition) is 1. The number of halogens is 4. The van der Waals surface area contributed by atoms with Gasteiger partial charge < -0.3 is 0 Å². The van der Waals surface area contributed by atoms with E-state index < -0.39 is 0 Å². The van der Waals surface area contributed by atoms with Crippen LogP contribution in [0, 0.1) is 0 Å². The molecule has 5 heteroatoms. The van der Waals surface area contributed by atoms with Crippen molar-refractivity contribution in [2.24, 2.45) is 0 Å². The Labute approximate surface area is 128 Å². The summed E-state index contributed by atoms with van der Waals surface area (Å²) in [5, 5.41) is 1.16. The Kier molecular flexibility index (Phi) is 4.33. The molecule has 1 nitrogen and oxygen atoms in total. The molecule has 18 heavy (non-hydrogen) atoms. The number of rotatable bonds is 2. The molecule has 0 bridgehead atoms. The van der Waals surface area contributed by atoms with Crippen LogP contribution >= 0.6 is 50.7 Å². The monoisotopic (exact) mass is 362 g/mol. The van der Waals surface area contributed by atoms with Crippen molar-refractivity contribution < 1.29 is 4.79 Å². The van der Waals surface area contributed by atoms with Crippen LogP contribution < -0.4 is 0 Å². The van der Waals surface area contributed by atoms with E-state index in [1.54, 1.807) is 30.3 Å². The maximum atomic E-state index is 12.4. The van der Waals surface area contributed by atoms with Gasteiger partial charge in [0.25, 0.3) is 0 Å². The molecule has 0 aliphatic heterocycles. The molecule has 0 atom stereocenters. The fourth-order valence-electron chi connectivity index (χ4n) is 1.52. The van der Waals surface area contributed by atoms with Crippen LogP contribution in [0.15, 0.2) is 40.9 Å². The highest BCUT2D eigenvalue weighted by molar-refractivity contribution is 9.10. The summed E-state index contributed by atoms with van der Waals surface area (Å²) < 4.78 is 0.621. The first-order valence-corrected chi connectivity index (χ1v) is 6.87. The van der Waals surface area contributed by atoms with E-state index in [9.17, 15) is 4.79 Å². The summed E-state index contributed by atoms with van der Waals surface area (Å²) in [6.07, 6.45) is 0. The smallest absolute Gasteiger partial charge is 0.197 e. The molecule has 0 aliphatic rings. The number of benzene rings is 2. The van der Waals surface area contributed by atoms with Crippen LogP contribution in [-0.4, -0.2) is 5.78 Å². The SMILES string of the molecule is O=C(c1cc(Cl)ccc1Cl)c1c(Cl)cccc1Br. The molecule has 0 amide bonds. The Morgan fingerprint density at radius 2 is 1.72 bits per heavy atom. The van der Waals surface area contributed by atoms with Gasteiger partial charge in [0.1, 0.15) is 0 Å². The zero-order valence-electron chi connectivity index (χ0n) is 8.88. The van der Waals surface area contributed by atoms with Crippen LogP contribution in [0.5, 0.6) is 0 Å². The largest absolute Gasteiger partial charge is 0.288 e. The van der Waals surface area contributed by atoms with Gasteiger partial charge in [0, 0.05) is 15.1 Å². The number of carbonyl (C=O) groups excluding carboxylic acids is 1. The van der Waals surface area contributed by atoms with Gasteiger partial charge in [0.15, 0.2) is 5.78 Å². The lowest BCUT2D eigenvalue weighted by Gasteiger charge is -2.08. The van der Waals surface area contributed by atoms with Crippen LogP contribution in [0.1, 0.15) is 15.9 Å². The molecule has 0 N–H and O–H groups in total. The minimum Gasteiger partial charge on any atom is -0.288 e. The average Bonchev–Trinajstić information content (AvgIpc) is 2.32. The van der Waals surface area contributed by atoms with E-state index in [0.29, 0.717) is 30.7 Å². The predicted octanol–water partition coefficient (Wildman–Crippen LogP) is 5.64. The molecule has 0 aliphatic carbocycles. The van der Waals surface area contributed by atoms with Crippen molar-refractivity contribution in [2.45, 2.75) is 0 Å². The molecular formula is C13H6BrCl3O. The Hall–Kier alpha value is -0.540. The van der Waals surface area contributed by atoms with Gasteiger partial charge in [-0.2, -0.15) is 0 Å². The second-order valence-corrected chi connectivity index (χ2v) is 5.66. The molecule has 0 spiro atoms. The minimum absolute atomic E-state index is 0.264.